The van der Waals surface area contributed by atoms with E-state index >= 15 is 0 Å². The molecular weight excluding hydrogens is 224 g/mol. The highest BCUT2D eigenvalue weighted by Crippen LogP contribution is 2.38. The summed E-state index contributed by atoms with van der Waals surface area (Å²) in [4.78, 5) is 0. The lowest BCUT2D eigenvalue weighted by molar-refractivity contribution is -0.0668. The Hall–Kier alpha value is -0.220. The summed E-state index contributed by atoms with van der Waals surface area (Å²) in [6.45, 7) is 6.18. The first-order valence-electron chi connectivity index (χ1n) is 6.41. The van der Waals surface area contributed by atoms with E-state index in [0.29, 0.717) is 5.92 Å². The van der Waals surface area contributed by atoms with Gasteiger partial charge in [0.05, 0.1) is 6.10 Å². The molecule has 1 fully saturated rings. The summed E-state index contributed by atoms with van der Waals surface area (Å²) in [5.41, 5.74) is 0.227. The van der Waals surface area contributed by atoms with Gasteiger partial charge in [-0.3, -0.25) is 0 Å². The van der Waals surface area contributed by atoms with E-state index in [1.165, 1.54) is 0 Å². The Balaban J connectivity index is 2.55. The molecule has 1 aliphatic rings. The Morgan fingerprint density at radius 1 is 1.29 bits per heavy atom. The van der Waals surface area contributed by atoms with E-state index in [2.05, 4.69) is 26.1 Å². The number of nitrogens with one attached hydrogen (secondary N) is 1. The monoisotopic (exact) mass is 249 g/mol. The van der Waals surface area contributed by atoms with Crippen molar-refractivity contribution in [2.45, 2.75) is 58.6 Å². The third-order valence-electron chi connectivity index (χ3n) is 3.82. The number of hydrogen-bond donors (Lipinski definition) is 1. The SMILES string of the molecule is CNC1CCC(C(C)(C)C)CC1OCC(F)F. The van der Waals surface area contributed by atoms with Gasteiger partial charge >= 0.3 is 0 Å². The zero-order valence-electron chi connectivity index (χ0n) is 11.3. The molecule has 1 saturated carbocycles. The van der Waals surface area contributed by atoms with Gasteiger partial charge in [-0.1, -0.05) is 20.8 Å². The van der Waals surface area contributed by atoms with Crippen LogP contribution in [-0.2, 0) is 4.74 Å². The fraction of sp³-hybridized carbons (Fsp3) is 1.00. The molecule has 0 aromatic heterocycles. The van der Waals surface area contributed by atoms with Gasteiger partial charge < -0.3 is 10.1 Å². The lowest BCUT2D eigenvalue weighted by Gasteiger charge is -2.41. The van der Waals surface area contributed by atoms with Gasteiger partial charge in [-0.05, 0) is 37.6 Å². The van der Waals surface area contributed by atoms with E-state index in [0.717, 1.165) is 19.3 Å². The van der Waals surface area contributed by atoms with E-state index in [1.54, 1.807) is 0 Å². The van der Waals surface area contributed by atoms with Gasteiger partial charge in [0.25, 0.3) is 6.43 Å². The number of ether oxygens (including phenoxy) is 1. The van der Waals surface area contributed by atoms with Gasteiger partial charge in [-0.25, -0.2) is 8.78 Å². The largest absolute Gasteiger partial charge is 0.371 e. The Morgan fingerprint density at radius 3 is 2.41 bits per heavy atom. The Bertz CT molecular complexity index is 228. The van der Waals surface area contributed by atoms with Crippen LogP contribution in [0.5, 0.6) is 0 Å². The molecule has 0 amide bonds. The number of halogens is 2. The zero-order chi connectivity index (χ0) is 13.1. The van der Waals surface area contributed by atoms with Crippen LogP contribution in [0.25, 0.3) is 0 Å². The lowest BCUT2D eigenvalue weighted by atomic mass is 9.70. The fourth-order valence-corrected chi connectivity index (χ4v) is 2.63. The van der Waals surface area contributed by atoms with E-state index in [-0.39, 0.29) is 17.6 Å². The van der Waals surface area contributed by atoms with E-state index in [1.807, 2.05) is 7.05 Å². The average molecular weight is 249 g/mol. The highest BCUT2D eigenvalue weighted by molar-refractivity contribution is 4.89. The first-order valence-corrected chi connectivity index (χ1v) is 6.41. The van der Waals surface area contributed by atoms with Crippen molar-refractivity contribution in [3.8, 4) is 0 Å². The van der Waals surface area contributed by atoms with Crippen LogP contribution in [0.1, 0.15) is 40.0 Å². The molecule has 0 aliphatic heterocycles. The normalized spacial score (nSPS) is 30.9. The van der Waals surface area contributed by atoms with Crippen molar-refractivity contribution in [1.82, 2.24) is 5.32 Å². The van der Waals surface area contributed by atoms with Gasteiger partial charge in [-0.15, -0.1) is 0 Å². The maximum Gasteiger partial charge on any atom is 0.261 e. The molecular formula is C13H25F2NO. The summed E-state index contributed by atoms with van der Waals surface area (Å²) in [7, 11) is 1.88. The fourth-order valence-electron chi connectivity index (χ4n) is 2.63. The quantitative estimate of drug-likeness (QED) is 0.826. The highest BCUT2D eigenvalue weighted by Gasteiger charge is 2.36. The van der Waals surface area contributed by atoms with Crippen LogP contribution in [0.2, 0.25) is 0 Å². The molecule has 17 heavy (non-hydrogen) atoms. The third kappa shape index (κ3) is 4.51. The summed E-state index contributed by atoms with van der Waals surface area (Å²) in [6.07, 6.45) is 0.576. The van der Waals surface area contributed by atoms with Crippen molar-refractivity contribution in [3.05, 3.63) is 0 Å². The lowest BCUT2D eigenvalue weighted by Crippen LogP contribution is -2.46. The zero-order valence-corrected chi connectivity index (χ0v) is 11.3. The molecule has 0 aromatic carbocycles. The molecule has 1 N–H and O–H groups in total. The summed E-state index contributed by atoms with van der Waals surface area (Å²) in [6, 6.07) is 0.215. The Morgan fingerprint density at radius 2 is 1.94 bits per heavy atom. The smallest absolute Gasteiger partial charge is 0.261 e. The summed E-state index contributed by atoms with van der Waals surface area (Å²) < 4.78 is 29.8. The topological polar surface area (TPSA) is 21.3 Å². The minimum absolute atomic E-state index is 0.0769. The molecule has 3 atom stereocenters. The minimum Gasteiger partial charge on any atom is -0.371 e. The van der Waals surface area contributed by atoms with Crippen LogP contribution in [-0.4, -0.2) is 32.2 Å². The second-order valence-corrected chi connectivity index (χ2v) is 6.03. The maximum absolute atomic E-state index is 12.2. The first-order chi connectivity index (χ1) is 7.84. The van der Waals surface area contributed by atoms with Crippen LogP contribution in [0.4, 0.5) is 8.78 Å². The number of likely N-dealkylation sites (N-methyl/N-ethyl adjacent to an activating group) is 1. The molecule has 0 heterocycles. The molecule has 0 saturated heterocycles. The van der Waals surface area contributed by atoms with Gasteiger partial charge in [0, 0.05) is 6.04 Å². The molecule has 0 spiro atoms. The van der Waals surface area contributed by atoms with Gasteiger partial charge in [0.2, 0.25) is 0 Å². The van der Waals surface area contributed by atoms with Crippen molar-refractivity contribution in [2.75, 3.05) is 13.7 Å². The third-order valence-corrected chi connectivity index (χ3v) is 3.82. The Kier molecular flexibility index (Phi) is 5.32. The molecule has 0 radical (unpaired) electrons. The molecule has 1 rings (SSSR count). The minimum atomic E-state index is -2.37. The first kappa shape index (κ1) is 14.8. The molecule has 1 aliphatic carbocycles. The molecule has 0 aromatic rings. The molecule has 0 bridgehead atoms. The summed E-state index contributed by atoms with van der Waals surface area (Å²) in [5.74, 6) is 0.551. The number of hydrogen-bond acceptors (Lipinski definition) is 2. The molecule has 4 heteroatoms. The Labute approximate surface area is 103 Å². The summed E-state index contributed by atoms with van der Waals surface area (Å²) in [5, 5.41) is 3.18. The van der Waals surface area contributed by atoms with Crippen molar-refractivity contribution in [3.63, 3.8) is 0 Å². The predicted octanol–water partition coefficient (Wildman–Crippen LogP) is 3.07. The average Bonchev–Trinajstić information content (AvgIpc) is 2.24. The van der Waals surface area contributed by atoms with Crippen LogP contribution < -0.4 is 5.32 Å². The second-order valence-electron chi connectivity index (χ2n) is 6.03. The van der Waals surface area contributed by atoms with E-state index in [9.17, 15) is 8.78 Å². The number of alkyl halides is 2. The number of rotatable bonds is 4. The standard InChI is InChI=1S/C13H25F2NO/c1-13(2,3)9-5-6-10(16-4)11(7-9)17-8-12(14)15/h9-12,16H,5-8H2,1-4H3. The van der Waals surface area contributed by atoms with Crippen LogP contribution in [0.3, 0.4) is 0 Å². The van der Waals surface area contributed by atoms with E-state index in [4.69, 9.17) is 4.74 Å². The van der Waals surface area contributed by atoms with Gasteiger partial charge in [0.1, 0.15) is 6.61 Å². The van der Waals surface area contributed by atoms with Crippen molar-refractivity contribution in [2.24, 2.45) is 11.3 Å². The molecule has 2 nitrogen and oxygen atoms in total. The van der Waals surface area contributed by atoms with Gasteiger partial charge in [-0.2, -0.15) is 0 Å². The van der Waals surface area contributed by atoms with Crippen molar-refractivity contribution >= 4 is 0 Å². The van der Waals surface area contributed by atoms with Crippen LogP contribution >= 0.6 is 0 Å². The predicted molar refractivity (Wildman–Crippen MR) is 65.4 cm³/mol. The van der Waals surface area contributed by atoms with E-state index < -0.39 is 13.0 Å². The second kappa shape index (κ2) is 6.10. The van der Waals surface area contributed by atoms with Gasteiger partial charge in [0.15, 0.2) is 0 Å². The maximum atomic E-state index is 12.2. The van der Waals surface area contributed by atoms with Crippen LogP contribution in [0, 0.1) is 11.3 Å². The molecule has 3 unspecified atom stereocenters. The van der Waals surface area contributed by atoms with Crippen LogP contribution in [0.15, 0.2) is 0 Å². The van der Waals surface area contributed by atoms with Crippen molar-refractivity contribution in [1.29, 1.82) is 0 Å². The van der Waals surface area contributed by atoms with Crippen molar-refractivity contribution < 1.29 is 13.5 Å². The summed E-state index contributed by atoms with van der Waals surface area (Å²) >= 11 is 0. The molecule has 102 valence electrons. The highest BCUT2D eigenvalue weighted by atomic mass is 19.3.